The first-order valence-electron chi connectivity index (χ1n) is 4.70. The number of hydrogen-bond acceptors (Lipinski definition) is 4. The van der Waals surface area contributed by atoms with Gasteiger partial charge >= 0.3 is 6.03 Å². The highest BCUT2D eigenvalue weighted by molar-refractivity contribution is 5.82. The van der Waals surface area contributed by atoms with Gasteiger partial charge in [0.2, 0.25) is 0 Å². The molecule has 0 spiro atoms. The smallest absolute Gasteiger partial charge is 0.349 e. The van der Waals surface area contributed by atoms with E-state index in [1.807, 2.05) is 48.7 Å². The number of amides is 2. The summed E-state index contributed by atoms with van der Waals surface area (Å²) in [5, 5.41) is 3.71. The van der Waals surface area contributed by atoms with Gasteiger partial charge in [0.1, 0.15) is 0 Å². The molecule has 0 aliphatic rings. The molecule has 0 unspecified atom stereocenters. The zero-order chi connectivity index (χ0) is 12.0. The summed E-state index contributed by atoms with van der Waals surface area (Å²) in [6.07, 6.45) is 1.54. The predicted octanol–water partition coefficient (Wildman–Crippen LogP) is 0.259. The van der Waals surface area contributed by atoms with Crippen LogP contribution in [-0.2, 0) is 0 Å². The van der Waals surface area contributed by atoms with Crippen molar-refractivity contribution < 1.29 is 4.79 Å². The van der Waals surface area contributed by atoms with E-state index in [0.717, 1.165) is 11.3 Å². The van der Waals surface area contributed by atoms with Crippen LogP contribution in [0.25, 0.3) is 0 Å². The normalized spacial score (nSPS) is 10.2. The molecule has 6 nitrogen and oxygen atoms in total. The molecule has 0 aliphatic heterocycles. The average molecular weight is 221 g/mol. The van der Waals surface area contributed by atoms with E-state index >= 15 is 0 Å². The molecule has 0 aliphatic carbocycles. The fourth-order valence-corrected chi connectivity index (χ4v) is 1.06. The van der Waals surface area contributed by atoms with Crippen molar-refractivity contribution in [2.24, 2.45) is 10.9 Å². The van der Waals surface area contributed by atoms with Gasteiger partial charge < -0.3 is 4.90 Å². The van der Waals surface area contributed by atoms with Crippen LogP contribution < -0.4 is 21.6 Å². The number of urea groups is 1. The van der Waals surface area contributed by atoms with E-state index in [2.05, 4.69) is 10.5 Å². The molecule has 2 amide bonds. The van der Waals surface area contributed by atoms with Crippen molar-refractivity contribution in [1.82, 2.24) is 10.9 Å². The number of benzene rings is 1. The summed E-state index contributed by atoms with van der Waals surface area (Å²) in [5.41, 5.74) is 6.10. The minimum Gasteiger partial charge on any atom is -0.378 e. The maximum atomic E-state index is 10.7. The van der Waals surface area contributed by atoms with E-state index in [9.17, 15) is 4.79 Å². The highest BCUT2D eigenvalue weighted by Gasteiger charge is 1.94. The Morgan fingerprint density at radius 2 is 2.00 bits per heavy atom. The van der Waals surface area contributed by atoms with Crippen LogP contribution in [-0.4, -0.2) is 26.3 Å². The maximum Gasteiger partial charge on any atom is 0.349 e. The van der Waals surface area contributed by atoms with Crippen LogP contribution in [0.5, 0.6) is 0 Å². The van der Waals surface area contributed by atoms with Crippen LogP contribution in [0.3, 0.4) is 0 Å². The molecular weight excluding hydrogens is 206 g/mol. The number of hydrogen-bond donors (Lipinski definition) is 3. The summed E-state index contributed by atoms with van der Waals surface area (Å²) >= 11 is 0. The van der Waals surface area contributed by atoms with Crippen LogP contribution >= 0.6 is 0 Å². The second-order valence-corrected chi connectivity index (χ2v) is 3.33. The van der Waals surface area contributed by atoms with Crippen molar-refractivity contribution in [3.05, 3.63) is 29.8 Å². The third-order valence-corrected chi connectivity index (χ3v) is 1.92. The molecular formula is C10H15N5O. The van der Waals surface area contributed by atoms with E-state index in [0.29, 0.717) is 0 Å². The van der Waals surface area contributed by atoms with E-state index in [1.54, 1.807) is 0 Å². The molecule has 16 heavy (non-hydrogen) atoms. The Kier molecular flexibility index (Phi) is 4.28. The van der Waals surface area contributed by atoms with Gasteiger partial charge in [0, 0.05) is 19.8 Å². The number of hydrazone groups is 1. The molecule has 0 fully saturated rings. The Hall–Kier alpha value is -2.08. The quantitative estimate of drug-likeness (QED) is 0.296. The first-order chi connectivity index (χ1) is 7.63. The molecule has 0 aromatic heterocycles. The van der Waals surface area contributed by atoms with Crippen molar-refractivity contribution in [3.8, 4) is 0 Å². The van der Waals surface area contributed by atoms with Crippen molar-refractivity contribution in [2.45, 2.75) is 0 Å². The Balaban J connectivity index is 2.58. The van der Waals surface area contributed by atoms with Crippen LogP contribution in [0.4, 0.5) is 10.5 Å². The molecule has 1 aromatic rings. The Labute approximate surface area is 94.1 Å². The van der Waals surface area contributed by atoms with Gasteiger partial charge in [-0.25, -0.2) is 16.1 Å². The zero-order valence-corrected chi connectivity index (χ0v) is 9.27. The molecule has 1 rings (SSSR count). The molecule has 0 atom stereocenters. The number of rotatable bonds is 3. The maximum absolute atomic E-state index is 10.7. The summed E-state index contributed by atoms with van der Waals surface area (Å²) in [6.45, 7) is 0. The van der Waals surface area contributed by atoms with Gasteiger partial charge in [-0.05, 0) is 17.7 Å². The number of carbonyl (C=O) groups excluding carboxylic acids is 1. The molecule has 0 saturated carbocycles. The fourth-order valence-electron chi connectivity index (χ4n) is 1.06. The average Bonchev–Trinajstić information content (AvgIpc) is 2.29. The third kappa shape index (κ3) is 3.58. The highest BCUT2D eigenvalue weighted by atomic mass is 16.2. The van der Waals surface area contributed by atoms with Crippen molar-refractivity contribution in [3.63, 3.8) is 0 Å². The summed E-state index contributed by atoms with van der Waals surface area (Å²) in [4.78, 5) is 12.7. The minimum atomic E-state index is -0.554. The zero-order valence-electron chi connectivity index (χ0n) is 9.27. The lowest BCUT2D eigenvalue weighted by Crippen LogP contribution is -2.37. The molecule has 86 valence electrons. The standard InChI is InChI=1S/C10H15N5O/c1-15(2)9-5-3-8(4-6-9)7-12-14-10(16)13-11/h3-7H,11H2,1-2H3,(H2,13,14,16)/b12-7-. The van der Waals surface area contributed by atoms with Crippen LogP contribution in [0.1, 0.15) is 5.56 Å². The Bertz CT molecular complexity index is 371. The van der Waals surface area contributed by atoms with Gasteiger partial charge in [-0.1, -0.05) is 12.1 Å². The summed E-state index contributed by atoms with van der Waals surface area (Å²) in [6, 6.07) is 7.18. The molecule has 0 radical (unpaired) electrons. The van der Waals surface area contributed by atoms with Crippen molar-refractivity contribution in [1.29, 1.82) is 0 Å². The summed E-state index contributed by atoms with van der Waals surface area (Å²) in [5.74, 6) is 4.86. The number of carbonyl (C=O) groups is 1. The summed E-state index contributed by atoms with van der Waals surface area (Å²) in [7, 11) is 3.94. The lowest BCUT2D eigenvalue weighted by Gasteiger charge is -2.11. The van der Waals surface area contributed by atoms with Crippen molar-refractivity contribution in [2.75, 3.05) is 19.0 Å². The molecule has 0 saturated heterocycles. The van der Waals surface area contributed by atoms with E-state index < -0.39 is 6.03 Å². The molecule has 0 heterocycles. The van der Waals surface area contributed by atoms with Gasteiger partial charge in [-0.15, -0.1) is 0 Å². The molecule has 1 aromatic carbocycles. The number of hydrazine groups is 1. The second-order valence-electron chi connectivity index (χ2n) is 3.33. The minimum absolute atomic E-state index is 0.554. The van der Waals surface area contributed by atoms with Gasteiger partial charge in [-0.3, -0.25) is 5.43 Å². The lowest BCUT2D eigenvalue weighted by atomic mass is 10.2. The lowest BCUT2D eigenvalue weighted by molar-refractivity contribution is 0.241. The topological polar surface area (TPSA) is 82.8 Å². The van der Waals surface area contributed by atoms with Crippen molar-refractivity contribution >= 4 is 17.9 Å². The second kappa shape index (κ2) is 5.72. The van der Waals surface area contributed by atoms with Gasteiger partial charge in [0.05, 0.1) is 6.21 Å². The molecule has 4 N–H and O–H groups in total. The first-order valence-corrected chi connectivity index (χ1v) is 4.70. The molecule has 6 heteroatoms. The van der Waals surface area contributed by atoms with Gasteiger partial charge in [-0.2, -0.15) is 5.10 Å². The SMILES string of the molecule is CN(C)c1ccc(/C=N\NC(=O)NN)cc1. The van der Waals surface area contributed by atoms with E-state index in [4.69, 9.17) is 5.84 Å². The van der Waals surface area contributed by atoms with Crippen LogP contribution in [0, 0.1) is 0 Å². The van der Waals surface area contributed by atoms with E-state index in [-0.39, 0.29) is 0 Å². The summed E-state index contributed by atoms with van der Waals surface area (Å²) < 4.78 is 0. The molecule has 0 bridgehead atoms. The number of anilines is 1. The third-order valence-electron chi connectivity index (χ3n) is 1.92. The van der Waals surface area contributed by atoms with Crippen LogP contribution in [0.15, 0.2) is 29.4 Å². The number of nitrogens with two attached hydrogens (primary N) is 1. The van der Waals surface area contributed by atoms with E-state index in [1.165, 1.54) is 6.21 Å². The van der Waals surface area contributed by atoms with Crippen LogP contribution in [0.2, 0.25) is 0 Å². The monoisotopic (exact) mass is 221 g/mol. The first kappa shape index (κ1) is 12.0. The Morgan fingerprint density at radius 1 is 1.38 bits per heavy atom. The number of nitrogens with one attached hydrogen (secondary N) is 2. The number of nitrogens with zero attached hydrogens (tertiary/aromatic N) is 2. The van der Waals surface area contributed by atoms with Gasteiger partial charge in [0.15, 0.2) is 0 Å². The highest BCUT2D eigenvalue weighted by Crippen LogP contribution is 2.10. The fraction of sp³-hybridized carbons (Fsp3) is 0.200. The predicted molar refractivity (Wildman–Crippen MR) is 64.2 cm³/mol. The largest absolute Gasteiger partial charge is 0.378 e. The Morgan fingerprint density at radius 3 is 2.50 bits per heavy atom. The van der Waals surface area contributed by atoms with Gasteiger partial charge in [0.25, 0.3) is 0 Å².